The smallest absolute Gasteiger partial charge is 0.245 e. The van der Waals surface area contributed by atoms with Gasteiger partial charge >= 0.3 is 0 Å². The summed E-state index contributed by atoms with van der Waals surface area (Å²) in [4.78, 5) is 19.0. The Morgan fingerprint density at radius 2 is 1.88 bits per heavy atom. The lowest BCUT2D eigenvalue weighted by Crippen LogP contribution is -2.33. The molecule has 1 aliphatic rings. The summed E-state index contributed by atoms with van der Waals surface area (Å²) in [5.74, 6) is 0.499. The van der Waals surface area contributed by atoms with Gasteiger partial charge in [0.1, 0.15) is 17.7 Å². The number of para-hydroxylation sites is 1. The number of nitrogens with one attached hydrogen (secondary N) is 1. The number of halogens is 1. The van der Waals surface area contributed by atoms with Crippen molar-refractivity contribution >= 4 is 22.6 Å². The van der Waals surface area contributed by atoms with Gasteiger partial charge in [0.25, 0.3) is 0 Å². The average molecular weight is 335 g/mol. The van der Waals surface area contributed by atoms with E-state index in [4.69, 9.17) is 0 Å². The molecule has 1 atom stereocenters. The van der Waals surface area contributed by atoms with E-state index in [0.717, 1.165) is 22.9 Å². The van der Waals surface area contributed by atoms with E-state index in [1.165, 1.54) is 12.1 Å². The number of pyridine rings is 1. The van der Waals surface area contributed by atoms with E-state index in [0.29, 0.717) is 18.9 Å². The Bertz CT molecular complexity index is 910. The number of aromatic nitrogens is 1. The quantitative estimate of drug-likeness (QED) is 0.792. The summed E-state index contributed by atoms with van der Waals surface area (Å²) < 4.78 is 13.0. The maximum absolute atomic E-state index is 13.0. The SMILES string of the molecule is O=C1C(Nc2ccc3ccccc3n2)CCN1Cc1ccc(F)cc1. The van der Waals surface area contributed by atoms with E-state index in [2.05, 4.69) is 10.3 Å². The number of nitrogens with zero attached hydrogens (tertiary/aromatic N) is 2. The number of amides is 1. The van der Waals surface area contributed by atoms with E-state index >= 15 is 0 Å². The number of anilines is 1. The van der Waals surface area contributed by atoms with Crippen LogP contribution >= 0.6 is 0 Å². The number of fused-ring (bicyclic) bond motifs is 1. The highest BCUT2D eigenvalue weighted by Gasteiger charge is 2.31. The summed E-state index contributed by atoms with van der Waals surface area (Å²) in [6.07, 6.45) is 0.731. The van der Waals surface area contributed by atoms with Crippen LogP contribution < -0.4 is 5.32 Å². The minimum Gasteiger partial charge on any atom is -0.358 e. The van der Waals surface area contributed by atoms with Crippen LogP contribution in [0.3, 0.4) is 0 Å². The van der Waals surface area contributed by atoms with Crippen molar-refractivity contribution in [3.05, 3.63) is 72.0 Å². The van der Waals surface area contributed by atoms with Crippen molar-refractivity contribution in [1.82, 2.24) is 9.88 Å². The van der Waals surface area contributed by atoms with Crippen LogP contribution in [0.1, 0.15) is 12.0 Å². The molecule has 1 aromatic heterocycles. The molecule has 0 aliphatic carbocycles. The van der Waals surface area contributed by atoms with Crippen molar-refractivity contribution in [2.45, 2.75) is 19.0 Å². The molecule has 1 amide bonds. The van der Waals surface area contributed by atoms with Crippen molar-refractivity contribution in [3.63, 3.8) is 0 Å². The second kappa shape index (κ2) is 6.51. The van der Waals surface area contributed by atoms with E-state index in [1.54, 1.807) is 17.0 Å². The van der Waals surface area contributed by atoms with Gasteiger partial charge in [0, 0.05) is 18.5 Å². The number of carbonyl (C=O) groups is 1. The van der Waals surface area contributed by atoms with E-state index in [-0.39, 0.29) is 17.8 Å². The Kier molecular flexibility index (Phi) is 4.06. The molecule has 1 saturated heterocycles. The first-order valence-electron chi connectivity index (χ1n) is 8.34. The molecular formula is C20H18FN3O. The molecule has 1 fully saturated rings. The molecule has 1 N–H and O–H groups in total. The summed E-state index contributed by atoms with van der Waals surface area (Å²) in [5, 5.41) is 4.32. The van der Waals surface area contributed by atoms with Gasteiger partial charge < -0.3 is 10.2 Å². The highest BCUT2D eigenvalue weighted by atomic mass is 19.1. The lowest BCUT2D eigenvalue weighted by atomic mass is 10.2. The second-order valence-electron chi connectivity index (χ2n) is 6.26. The highest BCUT2D eigenvalue weighted by molar-refractivity contribution is 5.87. The molecule has 0 bridgehead atoms. The number of benzene rings is 2. The van der Waals surface area contributed by atoms with E-state index in [9.17, 15) is 9.18 Å². The van der Waals surface area contributed by atoms with Crippen molar-refractivity contribution in [3.8, 4) is 0 Å². The molecule has 1 aliphatic heterocycles. The topological polar surface area (TPSA) is 45.2 Å². The van der Waals surface area contributed by atoms with Gasteiger partial charge in [-0.15, -0.1) is 0 Å². The third kappa shape index (κ3) is 3.31. The molecule has 2 aromatic carbocycles. The Balaban J connectivity index is 1.44. The Labute approximate surface area is 145 Å². The Hall–Kier alpha value is -2.95. The van der Waals surface area contributed by atoms with Gasteiger partial charge in [0.2, 0.25) is 5.91 Å². The monoisotopic (exact) mass is 335 g/mol. The Morgan fingerprint density at radius 1 is 1.08 bits per heavy atom. The zero-order valence-corrected chi connectivity index (χ0v) is 13.7. The van der Waals surface area contributed by atoms with E-state index in [1.807, 2.05) is 36.4 Å². The summed E-state index contributed by atoms with van der Waals surface area (Å²) in [6.45, 7) is 1.18. The van der Waals surface area contributed by atoms with Gasteiger partial charge in [-0.2, -0.15) is 0 Å². The van der Waals surface area contributed by atoms with Crippen LogP contribution in [0.5, 0.6) is 0 Å². The molecule has 1 unspecified atom stereocenters. The zero-order valence-electron chi connectivity index (χ0n) is 13.7. The molecule has 2 heterocycles. The Morgan fingerprint density at radius 3 is 2.72 bits per heavy atom. The van der Waals surface area contributed by atoms with Crippen LogP contribution in [0.15, 0.2) is 60.7 Å². The molecule has 4 nitrogen and oxygen atoms in total. The van der Waals surface area contributed by atoms with Crippen molar-refractivity contribution < 1.29 is 9.18 Å². The normalized spacial score (nSPS) is 17.2. The molecule has 126 valence electrons. The summed E-state index contributed by atoms with van der Waals surface area (Å²) in [7, 11) is 0. The fourth-order valence-electron chi connectivity index (χ4n) is 3.17. The van der Waals surface area contributed by atoms with Crippen LogP contribution in [0.4, 0.5) is 10.2 Å². The first-order valence-corrected chi connectivity index (χ1v) is 8.34. The molecule has 3 aromatic rings. The molecule has 0 saturated carbocycles. The molecule has 5 heteroatoms. The van der Waals surface area contributed by atoms with Gasteiger partial charge in [-0.1, -0.05) is 30.3 Å². The van der Waals surface area contributed by atoms with E-state index < -0.39 is 0 Å². The van der Waals surface area contributed by atoms with Gasteiger partial charge in [-0.25, -0.2) is 9.37 Å². The van der Waals surface area contributed by atoms with Crippen molar-refractivity contribution in [2.24, 2.45) is 0 Å². The number of likely N-dealkylation sites (tertiary alicyclic amines) is 1. The maximum atomic E-state index is 13.0. The summed E-state index contributed by atoms with van der Waals surface area (Å²) >= 11 is 0. The average Bonchev–Trinajstić information content (AvgIpc) is 2.97. The molecule has 25 heavy (non-hydrogen) atoms. The largest absolute Gasteiger partial charge is 0.358 e. The zero-order chi connectivity index (χ0) is 17.2. The minimum atomic E-state index is -0.269. The minimum absolute atomic E-state index is 0.0549. The fourth-order valence-corrected chi connectivity index (χ4v) is 3.17. The number of carbonyl (C=O) groups excluding carboxylic acids is 1. The lowest BCUT2D eigenvalue weighted by Gasteiger charge is -2.17. The van der Waals surface area contributed by atoms with Crippen molar-refractivity contribution in [1.29, 1.82) is 0 Å². The number of rotatable bonds is 4. The lowest BCUT2D eigenvalue weighted by molar-refractivity contribution is -0.128. The van der Waals surface area contributed by atoms with Gasteiger partial charge in [-0.05, 0) is 42.3 Å². The number of hydrogen-bond acceptors (Lipinski definition) is 3. The maximum Gasteiger partial charge on any atom is 0.245 e. The standard InChI is InChI=1S/C20H18FN3O/c21-16-8-5-14(6-9-16)13-24-12-11-18(20(24)25)23-19-10-7-15-3-1-2-4-17(15)22-19/h1-10,18H,11-13H2,(H,22,23). The van der Waals surface area contributed by atoms with Crippen LogP contribution in [0, 0.1) is 5.82 Å². The first kappa shape index (κ1) is 15.6. The predicted molar refractivity (Wildman–Crippen MR) is 95.6 cm³/mol. The molecule has 0 spiro atoms. The van der Waals surface area contributed by atoms with Crippen LogP contribution in [0.25, 0.3) is 10.9 Å². The van der Waals surface area contributed by atoms with Gasteiger partial charge in [0.05, 0.1) is 5.52 Å². The second-order valence-corrected chi connectivity index (χ2v) is 6.26. The third-order valence-corrected chi connectivity index (χ3v) is 4.50. The molecule has 4 rings (SSSR count). The first-order chi connectivity index (χ1) is 12.2. The van der Waals surface area contributed by atoms with Crippen molar-refractivity contribution in [2.75, 3.05) is 11.9 Å². The summed E-state index contributed by atoms with van der Waals surface area (Å²) in [5.41, 5.74) is 1.83. The van der Waals surface area contributed by atoms with Gasteiger partial charge in [-0.3, -0.25) is 4.79 Å². The predicted octanol–water partition coefficient (Wildman–Crippen LogP) is 3.59. The molecule has 0 radical (unpaired) electrons. The number of hydrogen-bond donors (Lipinski definition) is 1. The highest BCUT2D eigenvalue weighted by Crippen LogP contribution is 2.20. The van der Waals surface area contributed by atoms with Gasteiger partial charge in [0.15, 0.2) is 0 Å². The molecular weight excluding hydrogens is 317 g/mol. The third-order valence-electron chi connectivity index (χ3n) is 4.50. The van der Waals surface area contributed by atoms with Crippen LogP contribution in [0.2, 0.25) is 0 Å². The van der Waals surface area contributed by atoms with Crippen LogP contribution in [-0.2, 0) is 11.3 Å². The van der Waals surface area contributed by atoms with Crippen LogP contribution in [-0.4, -0.2) is 28.4 Å². The summed E-state index contributed by atoms with van der Waals surface area (Å²) in [6, 6.07) is 17.8. The fraction of sp³-hybridized carbons (Fsp3) is 0.200.